The van der Waals surface area contributed by atoms with Crippen LogP contribution in [-0.2, 0) is 9.84 Å². The number of hydrogen-bond acceptors (Lipinski definition) is 8. The summed E-state index contributed by atoms with van der Waals surface area (Å²) < 4.78 is 29.9. The molecule has 1 aliphatic rings. The molecule has 0 saturated heterocycles. The number of nitrogens with two attached hydrogens (primary N) is 1. The SMILES string of the molecule is CCS(=O)(=O)c1nsc2nc(=O)c(/C=C3/C(C)=Nc4ccc(C)cc43)c(N)n12. The molecule has 0 aliphatic carbocycles. The number of hydrogen-bond donors (Lipinski definition) is 1. The first-order valence-electron chi connectivity index (χ1n) is 8.52. The highest BCUT2D eigenvalue weighted by Crippen LogP contribution is 2.36. The van der Waals surface area contributed by atoms with E-state index in [1.165, 1.54) is 11.3 Å². The Bertz CT molecular complexity index is 1360. The monoisotopic (exact) mass is 415 g/mol. The van der Waals surface area contributed by atoms with E-state index in [9.17, 15) is 13.2 Å². The smallest absolute Gasteiger partial charge is 0.283 e. The van der Waals surface area contributed by atoms with Crippen molar-refractivity contribution in [2.45, 2.75) is 25.9 Å². The van der Waals surface area contributed by atoms with Crippen LogP contribution < -0.4 is 11.3 Å². The molecule has 1 aromatic carbocycles. The van der Waals surface area contributed by atoms with Gasteiger partial charge in [-0.25, -0.2) is 12.8 Å². The molecule has 0 radical (unpaired) electrons. The Balaban J connectivity index is 2.00. The van der Waals surface area contributed by atoms with E-state index in [1.807, 2.05) is 32.0 Å². The number of fused-ring (bicyclic) bond motifs is 2. The molecule has 3 aromatic rings. The van der Waals surface area contributed by atoms with E-state index in [-0.39, 0.29) is 27.3 Å². The molecule has 0 bridgehead atoms. The molecule has 2 aromatic heterocycles. The van der Waals surface area contributed by atoms with E-state index < -0.39 is 15.4 Å². The Morgan fingerprint density at radius 2 is 2.04 bits per heavy atom. The number of aryl methyl sites for hydroxylation is 1. The van der Waals surface area contributed by atoms with Crippen LogP contribution in [0.3, 0.4) is 0 Å². The van der Waals surface area contributed by atoms with E-state index in [4.69, 9.17) is 5.73 Å². The van der Waals surface area contributed by atoms with Gasteiger partial charge in [-0.2, -0.15) is 9.36 Å². The second kappa shape index (κ2) is 6.35. The second-order valence-corrected chi connectivity index (χ2v) is 9.38. The molecule has 0 atom stereocenters. The standard InChI is InChI=1S/C18H17N5O3S2/c1-4-28(25,26)18-22-27-17-21-16(24)13(15(19)23(17)18)8-11-10(3)20-14-6-5-9(2)7-12(11)14/h5-8H,4,19H2,1-3H3/b11-8-. The van der Waals surface area contributed by atoms with Gasteiger partial charge in [0.2, 0.25) is 20.0 Å². The predicted octanol–water partition coefficient (Wildman–Crippen LogP) is 2.48. The van der Waals surface area contributed by atoms with Crippen LogP contribution in [0.2, 0.25) is 0 Å². The van der Waals surface area contributed by atoms with Gasteiger partial charge >= 0.3 is 0 Å². The normalized spacial score (nSPS) is 15.2. The maximum atomic E-state index is 12.6. The number of nitrogen functional groups attached to an aromatic ring is 1. The Labute approximate surface area is 165 Å². The lowest BCUT2D eigenvalue weighted by atomic mass is 9.99. The van der Waals surface area contributed by atoms with Crippen molar-refractivity contribution in [2.75, 3.05) is 11.5 Å². The zero-order valence-electron chi connectivity index (χ0n) is 15.4. The van der Waals surface area contributed by atoms with Crippen molar-refractivity contribution in [3.8, 4) is 0 Å². The van der Waals surface area contributed by atoms with Gasteiger partial charge in [-0.05, 0) is 32.1 Å². The first-order valence-corrected chi connectivity index (χ1v) is 10.9. The van der Waals surface area contributed by atoms with Crippen molar-refractivity contribution in [3.05, 3.63) is 45.2 Å². The van der Waals surface area contributed by atoms with Crippen LogP contribution in [0, 0.1) is 6.92 Å². The summed E-state index contributed by atoms with van der Waals surface area (Å²) in [7, 11) is -3.63. The van der Waals surface area contributed by atoms with Gasteiger partial charge in [0.15, 0.2) is 0 Å². The van der Waals surface area contributed by atoms with Gasteiger partial charge in [-0.1, -0.05) is 18.6 Å². The average Bonchev–Trinajstić information content (AvgIpc) is 3.20. The number of rotatable bonds is 3. The first-order chi connectivity index (χ1) is 13.2. The van der Waals surface area contributed by atoms with Gasteiger partial charge in [0.1, 0.15) is 5.82 Å². The van der Waals surface area contributed by atoms with E-state index in [0.29, 0.717) is 0 Å². The summed E-state index contributed by atoms with van der Waals surface area (Å²) in [6.07, 6.45) is 1.63. The van der Waals surface area contributed by atoms with Gasteiger partial charge < -0.3 is 5.73 Å². The second-order valence-electron chi connectivity index (χ2n) is 6.48. The van der Waals surface area contributed by atoms with Gasteiger partial charge in [0.25, 0.3) is 5.56 Å². The average molecular weight is 416 g/mol. The summed E-state index contributed by atoms with van der Waals surface area (Å²) in [6.45, 7) is 5.34. The first kappa shape index (κ1) is 18.5. The molecule has 8 nitrogen and oxygen atoms in total. The molecular formula is C18H17N5O3S2. The highest BCUT2D eigenvalue weighted by molar-refractivity contribution is 7.91. The third-order valence-electron chi connectivity index (χ3n) is 4.60. The minimum Gasteiger partial charge on any atom is -0.384 e. The molecule has 3 heterocycles. The summed E-state index contributed by atoms with van der Waals surface area (Å²) in [5.74, 6) is -0.135. The zero-order chi connectivity index (χ0) is 20.2. The van der Waals surface area contributed by atoms with Crippen LogP contribution in [-0.4, -0.2) is 33.6 Å². The number of aliphatic imine (C=N–C) groups is 1. The molecule has 2 N–H and O–H groups in total. The minimum absolute atomic E-state index is 0.00261. The summed E-state index contributed by atoms with van der Waals surface area (Å²) in [4.78, 5) is 21.2. The van der Waals surface area contributed by atoms with Crippen LogP contribution in [0.25, 0.3) is 16.6 Å². The predicted molar refractivity (Wildman–Crippen MR) is 111 cm³/mol. The molecule has 0 spiro atoms. The summed E-state index contributed by atoms with van der Waals surface area (Å²) in [5, 5.41) is -0.201. The topological polar surface area (TPSA) is 120 Å². The Morgan fingerprint density at radius 3 is 2.75 bits per heavy atom. The Kier molecular flexibility index (Phi) is 4.20. The van der Waals surface area contributed by atoms with E-state index in [2.05, 4.69) is 14.3 Å². The van der Waals surface area contributed by atoms with Crippen molar-refractivity contribution in [2.24, 2.45) is 4.99 Å². The molecule has 28 heavy (non-hydrogen) atoms. The number of allylic oxidation sites excluding steroid dienone is 1. The minimum atomic E-state index is -3.63. The fourth-order valence-electron chi connectivity index (χ4n) is 3.08. The van der Waals surface area contributed by atoms with E-state index >= 15 is 0 Å². The number of benzene rings is 1. The van der Waals surface area contributed by atoms with Crippen molar-refractivity contribution < 1.29 is 8.42 Å². The molecule has 144 valence electrons. The maximum absolute atomic E-state index is 12.6. The van der Waals surface area contributed by atoms with Crippen molar-refractivity contribution in [1.29, 1.82) is 0 Å². The highest BCUT2D eigenvalue weighted by atomic mass is 32.2. The van der Waals surface area contributed by atoms with Crippen LogP contribution in [0.15, 0.2) is 33.1 Å². The van der Waals surface area contributed by atoms with Crippen LogP contribution in [0.5, 0.6) is 0 Å². The molecule has 0 fully saturated rings. The Hall–Kier alpha value is -2.85. The lowest BCUT2D eigenvalue weighted by Crippen LogP contribution is -2.19. The van der Waals surface area contributed by atoms with Crippen molar-refractivity contribution in [3.63, 3.8) is 0 Å². The van der Waals surface area contributed by atoms with Gasteiger partial charge in [-0.3, -0.25) is 9.79 Å². The third-order valence-corrected chi connectivity index (χ3v) is 7.01. The quantitative estimate of drug-likeness (QED) is 0.702. The number of nitrogens with zero attached hydrogens (tertiary/aromatic N) is 4. The van der Waals surface area contributed by atoms with Gasteiger partial charge in [0.05, 0.1) is 17.0 Å². The molecule has 4 rings (SSSR count). The van der Waals surface area contributed by atoms with Crippen molar-refractivity contribution >= 4 is 55.2 Å². The Morgan fingerprint density at radius 1 is 1.29 bits per heavy atom. The van der Waals surface area contributed by atoms with Crippen LogP contribution in [0.4, 0.5) is 11.5 Å². The molecule has 1 aliphatic heterocycles. The van der Waals surface area contributed by atoms with Gasteiger partial charge in [-0.15, -0.1) is 0 Å². The maximum Gasteiger partial charge on any atom is 0.283 e. The molecule has 10 heteroatoms. The fourth-order valence-corrected chi connectivity index (χ4v) is 5.06. The number of aromatic nitrogens is 3. The molecule has 0 saturated carbocycles. The third kappa shape index (κ3) is 2.76. The summed E-state index contributed by atoms with van der Waals surface area (Å²) in [6, 6.07) is 5.87. The van der Waals surface area contributed by atoms with Gasteiger partial charge in [0, 0.05) is 28.4 Å². The zero-order valence-corrected chi connectivity index (χ0v) is 17.1. The largest absolute Gasteiger partial charge is 0.384 e. The summed E-state index contributed by atoms with van der Waals surface area (Å²) >= 11 is 0.825. The molecular weight excluding hydrogens is 398 g/mol. The van der Waals surface area contributed by atoms with Crippen LogP contribution >= 0.6 is 11.5 Å². The summed E-state index contributed by atoms with van der Waals surface area (Å²) in [5.41, 5.74) is 10.1. The van der Waals surface area contributed by atoms with Crippen molar-refractivity contribution in [1.82, 2.24) is 13.8 Å². The number of sulfone groups is 1. The number of anilines is 1. The molecule has 0 unspecified atom stereocenters. The lowest BCUT2D eigenvalue weighted by Gasteiger charge is -2.08. The van der Waals surface area contributed by atoms with E-state index in [0.717, 1.165) is 39.6 Å². The van der Waals surface area contributed by atoms with E-state index in [1.54, 1.807) is 6.08 Å². The molecule has 0 amide bonds. The van der Waals surface area contributed by atoms with Crippen LogP contribution in [0.1, 0.15) is 30.5 Å². The fraction of sp³-hybridized carbons (Fsp3) is 0.222. The highest BCUT2D eigenvalue weighted by Gasteiger charge is 2.25. The lowest BCUT2D eigenvalue weighted by molar-refractivity contribution is 0.588.